The maximum absolute atomic E-state index is 12.3. The molecule has 330 valence electrons. The van der Waals surface area contributed by atoms with E-state index in [2.05, 4.69) is 52.7 Å². The molecule has 0 amide bonds. The highest BCUT2D eigenvalue weighted by atomic mass is 36.0. The summed E-state index contributed by atoms with van der Waals surface area (Å²) in [5.41, 5.74) is 0.488. The number of hydrogen-bond acceptors (Lipinski definition) is 17. The van der Waals surface area contributed by atoms with Crippen LogP contribution in [0.3, 0.4) is 0 Å². The summed E-state index contributed by atoms with van der Waals surface area (Å²) in [6.45, 7) is 0. The fourth-order valence-corrected chi connectivity index (χ4v) is 4.63. The van der Waals surface area contributed by atoms with Crippen LogP contribution in [0.15, 0.2) is 60.2 Å². The van der Waals surface area contributed by atoms with E-state index in [1.807, 2.05) is 0 Å². The van der Waals surface area contributed by atoms with Gasteiger partial charge in [0.15, 0.2) is 45.9 Å². The smallest absolute Gasteiger partial charge is 0.346 e. The van der Waals surface area contributed by atoms with E-state index >= 15 is 0 Å². The summed E-state index contributed by atoms with van der Waals surface area (Å²) in [5.74, 6) is -3.47. The van der Waals surface area contributed by atoms with E-state index in [-0.39, 0.29) is 10.6 Å². The van der Waals surface area contributed by atoms with Crippen LogP contribution < -0.4 is 28.4 Å². The molecule has 23 heteroatoms. The number of rotatable bonds is 14. The van der Waals surface area contributed by atoms with Gasteiger partial charge in [0.1, 0.15) is 0 Å². The van der Waals surface area contributed by atoms with Crippen molar-refractivity contribution in [3.63, 3.8) is 0 Å². The summed E-state index contributed by atoms with van der Waals surface area (Å²) in [6.07, 6.45) is 0. The highest BCUT2D eigenvalue weighted by Crippen LogP contribution is 2.61. The van der Waals surface area contributed by atoms with Gasteiger partial charge in [0.05, 0.1) is 76.1 Å². The number of esters is 4. The van der Waals surface area contributed by atoms with Crippen molar-refractivity contribution in [3.8, 4) is 34.5 Å². The number of Topliss-reactive ketones (excluding diaryl/α,β-unsaturated/α-hetero) is 1. The molecule has 17 nitrogen and oxygen atoms in total. The average Bonchev–Trinajstić information content (AvgIpc) is 3.24. The van der Waals surface area contributed by atoms with Gasteiger partial charge in [0.2, 0.25) is 5.92 Å². The Morgan fingerprint density at radius 3 is 1.07 bits per heavy atom. The second kappa shape index (κ2) is 27.8. The summed E-state index contributed by atoms with van der Waals surface area (Å²) in [4.78, 5) is 69.7. The largest absolute Gasteiger partial charge is 0.493 e. The monoisotopic (exact) mass is 962 g/mol. The molecule has 0 aromatic heterocycles. The lowest BCUT2D eigenvalue weighted by atomic mass is 9.97. The quantitative estimate of drug-likeness (QED) is 0.0221. The van der Waals surface area contributed by atoms with E-state index in [4.69, 9.17) is 51.6 Å². The lowest BCUT2D eigenvalue weighted by Crippen LogP contribution is -2.33. The Kier molecular flexibility index (Phi) is 25.5. The number of ether oxygens (including phenoxy) is 10. The number of carbonyl (C=O) groups is 6. The molecule has 0 aliphatic heterocycles. The van der Waals surface area contributed by atoms with Gasteiger partial charge in [-0.2, -0.15) is 0 Å². The maximum Gasteiger partial charge on any atom is 0.346 e. The predicted octanol–water partition coefficient (Wildman–Crippen LogP) is 7.74. The number of benzene rings is 3. The Morgan fingerprint density at radius 2 is 0.767 bits per heavy atom. The lowest BCUT2D eigenvalue weighted by molar-refractivity contribution is -0.156. The zero-order chi connectivity index (χ0) is 46.3. The van der Waals surface area contributed by atoms with Gasteiger partial charge < -0.3 is 47.4 Å². The van der Waals surface area contributed by atoms with Gasteiger partial charge >= 0.3 is 29.1 Å². The van der Waals surface area contributed by atoms with Crippen molar-refractivity contribution < 1.29 is 80.7 Å². The second-order valence-electron chi connectivity index (χ2n) is 10.4. The molecule has 3 rings (SSSR count). The Hall–Kier alpha value is -4.90. The average molecular weight is 965 g/mol. The Morgan fingerprint density at radius 1 is 0.467 bits per heavy atom. The van der Waals surface area contributed by atoms with Crippen molar-refractivity contribution in [2.24, 2.45) is 5.92 Å². The topological polar surface area (TPSA) is 212 Å². The minimum absolute atomic E-state index is 0.102. The first-order chi connectivity index (χ1) is 28.2. The van der Waals surface area contributed by atoms with Crippen molar-refractivity contribution in [2.75, 3.05) is 71.1 Å². The van der Waals surface area contributed by atoms with Crippen LogP contribution in [0, 0.1) is 5.92 Å². The maximum atomic E-state index is 12.3. The van der Waals surface area contributed by atoms with Gasteiger partial charge in [-0.05, 0) is 105 Å². The van der Waals surface area contributed by atoms with Crippen LogP contribution in [0.1, 0.15) is 26.3 Å². The van der Waals surface area contributed by atoms with Crippen LogP contribution in [-0.2, 0) is 42.7 Å². The molecule has 3 aromatic carbocycles. The Labute approximate surface area is 369 Å². The van der Waals surface area contributed by atoms with Crippen molar-refractivity contribution in [3.05, 3.63) is 76.9 Å². The fraction of sp³-hybridized carbons (Fsp3) is 0.297. The van der Waals surface area contributed by atoms with Gasteiger partial charge in [0.25, 0.3) is 5.24 Å². The summed E-state index contributed by atoms with van der Waals surface area (Å²) in [5, 5.41) is -3.84. The Balaban J connectivity index is 0.000000841. The zero-order valence-electron chi connectivity index (χ0n) is 33.6. The standard InChI is InChI=1S/C14H15ClO6.C14H16O7.C9H9ClO3.Cl3OP/c2*1-18-9-6-5-8(7-10(9)19-2)12(15)11(13(16)20-3)14(17)21-4;1-12-7-4-3-6(9(10)11)5-8(7)13-2;1-5(2,3)4/h5-7H,1-4H3;5-7,11H,1-4H3;3-5H,1-2H3;. The van der Waals surface area contributed by atoms with E-state index in [0.29, 0.717) is 45.6 Å². The Bertz CT molecular complexity index is 2010. The summed E-state index contributed by atoms with van der Waals surface area (Å²) in [6, 6.07) is 13.8. The van der Waals surface area contributed by atoms with Crippen LogP contribution >= 0.6 is 62.1 Å². The number of hydrogen-bond donors (Lipinski definition) is 0. The summed E-state index contributed by atoms with van der Waals surface area (Å²) >= 11 is 25.3. The third-order valence-electron chi connectivity index (χ3n) is 7.05. The molecule has 0 aliphatic rings. The molecule has 0 unspecified atom stereocenters. The van der Waals surface area contributed by atoms with Crippen LogP contribution in [0.5, 0.6) is 34.5 Å². The molecule has 0 bridgehead atoms. The first-order valence-electron chi connectivity index (χ1n) is 16.0. The van der Waals surface area contributed by atoms with E-state index < -0.39 is 51.6 Å². The van der Waals surface area contributed by atoms with E-state index in [9.17, 15) is 33.3 Å². The molecule has 0 heterocycles. The molecule has 60 heavy (non-hydrogen) atoms. The fourth-order valence-electron chi connectivity index (χ4n) is 4.24. The zero-order valence-corrected chi connectivity index (χ0v) is 38.2. The first kappa shape index (κ1) is 55.1. The van der Waals surface area contributed by atoms with Crippen molar-refractivity contribution in [1.29, 1.82) is 0 Å². The second-order valence-corrected chi connectivity index (χ2v) is 17.8. The normalized spacial score (nSPS) is 9.87. The molecule has 0 atom stereocenters. The summed E-state index contributed by atoms with van der Waals surface area (Å²) < 4.78 is 57.9. The molecular weight excluding hydrogens is 925 g/mol. The lowest BCUT2D eigenvalue weighted by Gasteiger charge is -2.13. The molecule has 0 aliphatic carbocycles. The van der Waals surface area contributed by atoms with Gasteiger partial charge in [-0.1, -0.05) is 11.6 Å². The van der Waals surface area contributed by atoms with Crippen LogP contribution in [-0.4, -0.2) is 106 Å². The third kappa shape index (κ3) is 17.8. The van der Waals surface area contributed by atoms with Crippen molar-refractivity contribution >= 4 is 102 Å². The van der Waals surface area contributed by atoms with Crippen molar-refractivity contribution in [1.82, 2.24) is 0 Å². The number of halogens is 5. The van der Waals surface area contributed by atoms with Gasteiger partial charge in [0, 0.05) is 11.1 Å². The summed E-state index contributed by atoms with van der Waals surface area (Å²) in [7, 11) is 13.3. The molecule has 0 N–H and O–H groups in total. The van der Waals surface area contributed by atoms with Gasteiger partial charge in [-0.25, -0.2) is 9.59 Å². The minimum Gasteiger partial charge on any atom is -0.493 e. The van der Waals surface area contributed by atoms with Crippen LogP contribution in [0.4, 0.5) is 0 Å². The number of methoxy groups -OCH3 is 10. The molecule has 3 aromatic rings. The molecule has 0 fully saturated rings. The van der Waals surface area contributed by atoms with Crippen LogP contribution in [0.25, 0.3) is 5.03 Å². The highest BCUT2D eigenvalue weighted by molar-refractivity contribution is 8.24. The first-order valence-corrected chi connectivity index (χ1v) is 21.2. The molecule has 0 spiro atoms. The number of ketones is 1. The number of carbonyl (C=O) groups excluding carboxylic acids is 6. The van der Waals surface area contributed by atoms with Gasteiger partial charge in [-0.3, -0.25) is 23.7 Å². The highest BCUT2D eigenvalue weighted by Gasteiger charge is 2.37. The minimum atomic E-state index is -3.22. The molecular formula is C37H40Cl5O17P. The SMILES string of the molecule is COC(=O)C(C(=O)OC)=C(Cl)c1ccc(OC)c(OC)c1.COC(=O)C(C(=O)OC)C(=O)c1ccc(OC)c(OC)c1.COc1ccc(C(=O)Cl)cc1OC.O=P(Cl)(Cl)Cl. The predicted molar refractivity (Wildman–Crippen MR) is 223 cm³/mol. The van der Waals surface area contributed by atoms with E-state index in [1.54, 1.807) is 24.3 Å². The molecule has 0 saturated carbocycles. The van der Waals surface area contributed by atoms with Crippen LogP contribution in [0.2, 0.25) is 0 Å². The van der Waals surface area contributed by atoms with E-state index in [1.165, 1.54) is 73.0 Å². The van der Waals surface area contributed by atoms with E-state index in [0.717, 1.165) is 28.4 Å². The third-order valence-corrected chi connectivity index (χ3v) is 7.68. The van der Waals surface area contributed by atoms with Gasteiger partial charge in [-0.15, -0.1) is 0 Å². The molecule has 0 radical (unpaired) electrons. The van der Waals surface area contributed by atoms with Crippen molar-refractivity contribution in [2.45, 2.75) is 0 Å². The molecule has 0 saturated heterocycles.